The summed E-state index contributed by atoms with van der Waals surface area (Å²) in [6.45, 7) is 9.08. The largest absolute Gasteiger partial charge is 0.316 e. The van der Waals surface area contributed by atoms with Crippen molar-refractivity contribution in [2.45, 2.75) is 32.7 Å². The third-order valence-electron chi connectivity index (χ3n) is 4.20. The summed E-state index contributed by atoms with van der Waals surface area (Å²) in [5.41, 5.74) is 1.25. The van der Waals surface area contributed by atoms with Crippen molar-refractivity contribution in [3.63, 3.8) is 0 Å². The van der Waals surface area contributed by atoms with Crippen LogP contribution in [0.1, 0.15) is 38.3 Å². The van der Waals surface area contributed by atoms with Crippen LogP contribution < -0.4 is 5.32 Å². The fourth-order valence-electron chi connectivity index (χ4n) is 2.98. The fraction of sp³-hybridized carbons (Fsp3) is 0.625. The highest BCUT2D eigenvalue weighted by atomic mass is 35.5. The average molecular weight is 281 g/mol. The summed E-state index contributed by atoms with van der Waals surface area (Å²) in [7, 11) is 0. The van der Waals surface area contributed by atoms with Gasteiger partial charge in [-0.25, -0.2) is 0 Å². The summed E-state index contributed by atoms with van der Waals surface area (Å²) in [6.07, 6.45) is 2.65. The molecule has 1 saturated heterocycles. The van der Waals surface area contributed by atoms with Crippen LogP contribution in [0.3, 0.4) is 0 Å². The molecule has 3 heteroatoms. The average Bonchev–Trinajstić information content (AvgIpc) is 2.46. The van der Waals surface area contributed by atoms with Gasteiger partial charge in [-0.15, -0.1) is 0 Å². The summed E-state index contributed by atoms with van der Waals surface area (Å²) >= 11 is 6.32. The molecule has 2 unspecified atom stereocenters. The van der Waals surface area contributed by atoms with Gasteiger partial charge in [0.05, 0.1) is 0 Å². The Bertz CT molecular complexity index is 388. The molecule has 0 saturated carbocycles. The first-order valence-corrected chi connectivity index (χ1v) is 7.79. The molecular formula is C16H25ClN2. The molecule has 0 aliphatic carbocycles. The lowest BCUT2D eigenvalue weighted by Crippen LogP contribution is -2.39. The maximum atomic E-state index is 6.32. The van der Waals surface area contributed by atoms with E-state index in [4.69, 9.17) is 11.6 Å². The first-order chi connectivity index (χ1) is 9.22. The van der Waals surface area contributed by atoms with Crippen molar-refractivity contribution < 1.29 is 0 Å². The molecule has 0 aromatic heterocycles. The Kier molecular flexibility index (Phi) is 5.68. The highest BCUT2D eigenvalue weighted by Gasteiger charge is 2.21. The number of nitrogens with one attached hydrogen (secondary N) is 1. The summed E-state index contributed by atoms with van der Waals surface area (Å²) in [4.78, 5) is 2.54. The van der Waals surface area contributed by atoms with Crippen LogP contribution in [0.4, 0.5) is 0 Å². The van der Waals surface area contributed by atoms with E-state index in [0.717, 1.165) is 30.6 Å². The van der Waals surface area contributed by atoms with Crippen LogP contribution in [0.5, 0.6) is 0 Å². The molecule has 106 valence electrons. The minimum absolute atomic E-state index is 0.389. The molecular weight excluding hydrogens is 256 g/mol. The van der Waals surface area contributed by atoms with Crippen molar-refractivity contribution in [3.8, 4) is 0 Å². The second kappa shape index (κ2) is 7.28. The second-order valence-electron chi connectivity index (χ2n) is 5.50. The number of benzene rings is 1. The molecule has 1 aromatic rings. The summed E-state index contributed by atoms with van der Waals surface area (Å²) in [5.74, 6) is 0.777. The molecule has 2 nitrogen and oxygen atoms in total. The predicted octanol–water partition coefficient (Wildman–Crippen LogP) is 3.72. The van der Waals surface area contributed by atoms with Gasteiger partial charge >= 0.3 is 0 Å². The number of halogens is 1. The van der Waals surface area contributed by atoms with Crippen molar-refractivity contribution in [1.82, 2.24) is 10.2 Å². The molecule has 0 bridgehead atoms. The number of rotatable bonds is 5. The molecule has 0 radical (unpaired) electrons. The monoisotopic (exact) mass is 280 g/mol. The molecule has 2 atom stereocenters. The van der Waals surface area contributed by atoms with E-state index < -0.39 is 0 Å². The maximum absolute atomic E-state index is 6.32. The summed E-state index contributed by atoms with van der Waals surface area (Å²) < 4.78 is 0. The number of hydrogen-bond acceptors (Lipinski definition) is 2. The van der Waals surface area contributed by atoms with Crippen molar-refractivity contribution in [2.75, 3.05) is 26.2 Å². The van der Waals surface area contributed by atoms with Gasteiger partial charge in [0.15, 0.2) is 0 Å². The van der Waals surface area contributed by atoms with Gasteiger partial charge in [0, 0.05) is 17.6 Å². The van der Waals surface area contributed by atoms with Crippen LogP contribution in [-0.4, -0.2) is 31.1 Å². The number of piperidine rings is 1. The van der Waals surface area contributed by atoms with Gasteiger partial charge in [0.1, 0.15) is 0 Å². The van der Waals surface area contributed by atoms with Gasteiger partial charge in [-0.1, -0.05) is 36.7 Å². The molecule has 2 rings (SSSR count). The van der Waals surface area contributed by atoms with E-state index in [9.17, 15) is 0 Å². The standard InChI is InChI=1S/C16H25ClN2/c1-3-19(12-14-7-6-10-18-11-14)13(2)15-8-4-5-9-16(15)17/h4-5,8-9,13-14,18H,3,6-7,10-12H2,1-2H3. The topological polar surface area (TPSA) is 15.3 Å². The number of hydrogen-bond donors (Lipinski definition) is 1. The Hall–Kier alpha value is -0.570. The fourth-order valence-corrected chi connectivity index (χ4v) is 3.28. The smallest absolute Gasteiger partial charge is 0.0453 e. The Labute approximate surface area is 122 Å². The second-order valence-corrected chi connectivity index (χ2v) is 5.90. The normalized spacial score (nSPS) is 21.6. The van der Waals surface area contributed by atoms with Crippen molar-refractivity contribution in [2.24, 2.45) is 5.92 Å². The zero-order valence-corrected chi connectivity index (χ0v) is 12.8. The van der Waals surface area contributed by atoms with Crippen LogP contribution in [0.25, 0.3) is 0 Å². The summed E-state index contributed by atoms with van der Waals surface area (Å²) in [5, 5.41) is 4.39. The SMILES string of the molecule is CCN(CC1CCCNC1)C(C)c1ccccc1Cl. The van der Waals surface area contributed by atoms with Gasteiger partial charge in [-0.05, 0) is 56.9 Å². The zero-order chi connectivity index (χ0) is 13.7. The molecule has 1 heterocycles. The third kappa shape index (κ3) is 3.95. The van der Waals surface area contributed by atoms with Gasteiger partial charge < -0.3 is 5.32 Å². The van der Waals surface area contributed by atoms with E-state index in [2.05, 4.69) is 36.2 Å². The highest BCUT2D eigenvalue weighted by molar-refractivity contribution is 6.31. The molecule has 1 aromatic carbocycles. The lowest BCUT2D eigenvalue weighted by molar-refractivity contribution is 0.171. The molecule has 19 heavy (non-hydrogen) atoms. The van der Waals surface area contributed by atoms with Crippen molar-refractivity contribution in [3.05, 3.63) is 34.9 Å². The van der Waals surface area contributed by atoms with E-state index >= 15 is 0 Å². The molecule has 0 spiro atoms. The molecule has 0 amide bonds. The Morgan fingerprint density at radius 1 is 1.42 bits per heavy atom. The van der Waals surface area contributed by atoms with Crippen molar-refractivity contribution >= 4 is 11.6 Å². The van der Waals surface area contributed by atoms with Gasteiger partial charge in [0.25, 0.3) is 0 Å². The molecule has 1 aliphatic heterocycles. The Morgan fingerprint density at radius 2 is 2.21 bits per heavy atom. The van der Waals surface area contributed by atoms with Gasteiger partial charge in [0.2, 0.25) is 0 Å². The minimum atomic E-state index is 0.389. The van der Waals surface area contributed by atoms with Crippen LogP contribution in [-0.2, 0) is 0 Å². The lowest BCUT2D eigenvalue weighted by Gasteiger charge is -2.34. The van der Waals surface area contributed by atoms with Gasteiger partial charge in [-0.3, -0.25) is 4.90 Å². The van der Waals surface area contributed by atoms with Crippen molar-refractivity contribution in [1.29, 1.82) is 0 Å². The van der Waals surface area contributed by atoms with Gasteiger partial charge in [-0.2, -0.15) is 0 Å². The first-order valence-electron chi connectivity index (χ1n) is 7.41. The van der Waals surface area contributed by atoms with Crippen LogP contribution in [0.2, 0.25) is 5.02 Å². The van der Waals surface area contributed by atoms with E-state index in [0.29, 0.717) is 6.04 Å². The number of nitrogens with zero attached hydrogens (tertiary/aromatic N) is 1. The highest BCUT2D eigenvalue weighted by Crippen LogP contribution is 2.28. The quantitative estimate of drug-likeness (QED) is 0.884. The Balaban J connectivity index is 2.02. The molecule has 1 aliphatic rings. The van der Waals surface area contributed by atoms with Crippen LogP contribution >= 0.6 is 11.6 Å². The maximum Gasteiger partial charge on any atom is 0.0453 e. The van der Waals surface area contributed by atoms with Crippen LogP contribution in [0.15, 0.2) is 24.3 Å². The minimum Gasteiger partial charge on any atom is -0.316 e. The van der Waals surface area contributed by atoms with Crippen LogP contribution in [0, 0.1) is 5.92 Å². The van der Waals surface area contributed by atoms with E-state index in [1.165, 1.54) is 24.9 Å². The zero-order valence-electron chi connectivity index (χ0n) is 12.0. The Morgan fingerprint density at radius 3 is 2.84 bits per heavy atom. The molecule has 1 fully saturated rings. The van der Waals surface area contributed by atoms with E-state index in [-0.39, 0.29) is 0 Å². The molecule has 1 N–H and O–H groups in total. The van der Waals surface area contributed by atoms with E-state index in [1.54, 1.807) is 0 Å². The summed E-state index contributed by atoms with van der Waals surface area (Å²) in [6, 6.07) is 8.60. The lowest BCUT2D eigenvalue weighted by atomic mass is 9.97. The predicted molar refractivity (Wildman–Crippen MR) is 82.7 cm³/mol. The van der Waals surface area contributed by atoms with E-state index in [1.807, 2.05) is 12.1 Å². The third-order valence-corrected chi connectivity index (χ3v) is 4.55. The first kappa shape index (κ1) is 14.8.